The number of nitriles is 1. The quantitative estimate of drug-likeness (QED) is 0.665. The van der Waals surface area contributed by atoms with Crippen LogP contribution < -0.4 is 5.32 Å². The molecular formula is C14H18N2OS2. The molecule has 0 bridgehead atoms. The van der Waals surface area contributed by atoms with Crippen molar-refractivity contribution in [1.29, 1.82) is 5.26 Å². The number of ketones is 1. The molecule has 1 N–H and O–H groups in total. The molecule has 5 heteroatoms. The fourth-order valence-electron chi connectivity index (χ4n) is 2.49. The van der Waals surface area contributed by atoms with Crippen molar-refractivity contribution in [3.05, 3.63) is 10.4 Å². The van der Waals surface area contributed by atoms with Crippen LogP contribution in [0.25, 0.3) is 0 Å². The lowest BCUT2D eigenvalue weighted by molar-refractivity contribution is 0.102. The van der Waals surface area contributed by atoms with Crippen molar-refractivity contribution in [1.82, 2.24) is 0 Å². The summed E-state index contributed by atoms with van der Waals surface area (Å²) in [7, 11) is 0. The van der Waals surface area contributed by atoms with Gasteiger partial charge in [0, 0.05) is 13.0 Å². The van der Waals surface area contributed by atoms with Gasteiger partial charge in [-0.15, -0.1) is 23.1 Å². The number of nitrogens with one attached hydrogen (secondary N) is 1. The lowest BCUT2D eigenvalue weighted by atomic mass is 9.95. The number of hydrogen-bond donors (Lipinski definition) is 1. The lowest BCUT2D eigenvalue weighted by Gasteiger charge is -2.24. The number of thioether (sulfide) groups is 1. The minimum Gasteiger partial charge on any atom is -0.380 e. The van der Waals surface area contributed by atoms with Gasteiger partial charge in [0.05, 0.1) is 14.8 Å². The van der Waals surface area contributed by atoms with E-state index in [1.54, 1.807) is 6.92 Å². The summed E-state index contributed by atoms with van der Waals surface area (Å²) in [6.07, 6.45) is 7.96. The smallest absolute Gasteiger partial charge is 0.171 e. The molecule has 1 aromatic heterocycles. The molecule has 0 aliphatic heterocycles. The molecule has 19 heavy (non-hydrogen) atoms. The van der Waals surface area contributed by atoms with E-state index in [2.05, 4.69) is 11.4 Å². The van der Waals surface area contributed by atoms with Crippen LogP contribution in [0.15, 0.2) is 4.21 Å². The Labute approximate surface area is 122 Å². The predicted octanol–water partition coefficient (Wildman–Crippen LogP) is 4.29. The van der Waals surface area contributed by atoms with Gasteiger partial charge < -0.3 is 5.32 Å². The zero-order chi connectivity index (χ0) is 13.8. The van der Waals surface area contributed by atoms with Crippen molar-refractivity contribution < 1.29 is 4.79 Å². The van der Waals surface area contributed by atoms with Gasteiger partial charge >= 0.3 is 0 Å². The summed E-state index contributed by atoms with van der Waals surface area (Å²) in [5, 5.41) is 12.8. The molecule has 0 radical (unpaired) electrons. The fourth-order valence-corrected chi connectivity index (χ4v) is 4.27. The molecule has 0 amide bonds. The Kier molecular flexibility index (Phi) is 4.89. The van der Waals surface area contributed by atoms with Crippen molar-refractivity contribution in [3.63, 3.8) is 0 Å². The van der Waals surface area contributed by atoms with Crippen LogP contribution in [0.3, 0.4) is 0 Å². The van der Waals surface area contributed by atoms with Crippen molar-refractivity contribution in [3.8, 4) is 6.07 Å². The molecule has 0 unspecified atom stereocenters. The average Bonchev–Trinajstić information content (AvgIpc) is 2.77. The first-order valence-corrected chi connectivity index (χ1v) is 8.59. The van der Waals surface area contributed by atoms with Crippen LogP contribution in [-0.2, 0) is 0 Å². The van der Waals surface area contributed by atoms with Crippen LogP contribution >= 0.6 is 23.1 Å². The maximum absolute atomic E-state index is 11.8. The molecule has 2 rings (SSSR count). The highest BCUT2D eigenvalue weighted by Gasteiger charge is 2.23. The molecule has 1 aliphatic rings. The first-order chi connectivity index (χ1) is 9.17. The molecule has 0 atom stereocenters. The molecule has 102 valence electrons. The monoisotopic (exact) mass is 294 g/mol. The largest absolute Gasteiger partial charge is 0.380 e. The molecule has 0 spiro atoms. The molecule has 0 aromatic carbocycles. The Bertz CT molecular complexity index is 510. The van der Waals surface area contributed by atoms with Crippen molar-refractivity contribution in [2.45, 2.75) is 49.3 Å². The summed E-state index contributed by atoms with van der Waals surface area (Å²) >= 11 is 2.97. The van der Waals surface area contributed by atoms with E-state index in [0.717, 1.165) is 22.7 Å². The number of hydrogen-bond acceptors (Lipinski definition) is 5. The Balaban J connectivity index is 2.33. The fraction of sp³-hybridized carbons (Fsp3) is 0.571. The van der Waals surface area contributed by atoms with Crippen LogP contribution in [0.4, 0.5) is 5.69 Å². The zero-order valence-corrected chi connectivity index (χ0v) is 12.9. The van der Waals surface area contributed by atoms with Gasteiger partial charge in [-0.3, -0.25) is 4.79 Å². The van der Waals surface area contributed by atoms with Gasteiger partial charge in [-0.05, 0) is 19.1 Å². The second-order valence-corrected chi connectivity index (χ2v) is 6.92. The Hall–Kier alpha value is -0.990. The second kappa shape index (κ2) is 6.44. The molecule has 1 heterocycles. The van der Waals surface area contributed by atoms with E-state index in [-0.39, 0.29) is 5.78 Å². The third kappa shape index (κ3) is 3.13. The molecule has 0 saturated heterocycles. The summed E-state index contributed by atoms with van der Waals surface area (Å²) in [6.45, 7) is 1.57. The SMILES string of the molecule is CSc1sc(C(C)=O)c(NC2CCCCC2)c1C#N. The molecule has 1 fully saturated rings. The van der Waals surface area contributed by atoms with E-state index < -0.39 is 0 Å². The summed E-state index contributed by atoms with van der Waals surface area (Å²) in [5.41, 5.74) is 1.42. The maximum atomic E-state index is 11.8. The van der Waals surface area contributed by atoms with Crippen molar-refractivity contribution >= 4 is 34.6 Å². The van der Waals surface area contributed by atoms with Crippen LogP contribution in [0.2, 0.25) is 0 Å². The van der Waals surface area contributed by atoms with Gasteiger partial charge in [-0.1, -0.05) is 19.3 Å². The van der Waals surface area contributed by atoms with Crippen LogP contribution in [-0.4, -0.2) is 18.1 Å². The third-order valence-corrected chi connectivity index (χ3v) is 5.86. The van der Waals surface area contributed by atoms with Crippen LogP contribution in [0.1, 0.15) is 54.3 Å². The van der Waals surface area contributed by atoms with Gasteiger partial charge in [0.15, 0.2) is 5.78 Å². The number of rotatable bonds is 4. The van der Waals surface area contributed by atoms with Crippen LogP contribution in [0, 0.1) is 11.3 Å². The number of thiophene rings is 1. The van der Waals surface area contributed by atoms with Gasteiger partial charge in [-0.25, -0.2) is 0 Å². The van der Waals surface area contributed by atoms with Crippen molar-refractivity contribution in [2.75, 3.05) is 11.6 Å². The minimum absolute atomic E-state index is 0.0418. The second-order valence-electron chi connectivity index (χ2n) is 4.82. The number of nitrogens with zero attached hydrogens (tertiary/aromatic N) is 1. The van der Waals surface area contributed by atoms with E-state index in [1.165, 1.54) is 42.4 Å². The Morgan fingerprint density at radius 3 is 2.63 bits per heavy atom. The highest BCUT2D eigenvalue weighted by molar-refractivity contribution is 8.00. The average molecular weight is 294 g/mol. The van der Waals surface area contributed by atoms with E-state index in [1.807, 2.05) is 6.26 Å². The standard InChI is InChI=1S/C14H18N2OS2/c1-9(17)13-12(11(8-15)14(18-2)19-13)16-10-6-4-3-5-7-10/h10,16H,3-7H2,1-2H3. The lowest BCUT2D eigenvalue weighted by Crippen LogP contribution is -2.23. The van der Waals surface area contributed by atoms with E-state index in [0.29, 0.717) is 16.5 Å². The molecular weight excluding hydrogens is 276 g/mol. The highest BCUT2D eigenvalue weighted by Crippen LogP contribution is 2.39. The van der Waals surface area contributed by atoms with Gasteiger partial charge in [-0.2, -0.15) is 5.26 Å². The minimum atomic E-state index is 0.0418. The summed E-state index contributed by atoms with van der Waals surface area (Å²) in [5.74, 6) is 0.0418. The van der Waals surface area contributed by atoms with Crippen LogP contribution in [0.5, 0.6) is 0 Å². The molecule has 3 nitrogen and oxygen atoms in total. The molecule has 1 saturated carbocycles. The van der Waals surface area contributed by atoms with Gasteiger partial charge in [0.25, 0.3) is 0 Å². The molecule has 1 aliphatic carbocycles. The number of carbonyl (C=O) groups excluding carboxylic acids is 1. The predicted molar refractivity (Wildman–Crippen MR) is 81.3 cm³/mol. The van der Waals surface area contributed by atoms with E-state index in [4.69, 9.17) is 0 Å². The van der Waals surface area contributed by atoms with Gasteiger partial charge in [0.1, 0.15) is 11.6 Å². The summed E-state index contributed by atoms with van der Waals surface area (Å²) in [4.78, 5) is 12.5. The highest BCUT2D eigenvalue weighted by atomic mass is 32.2. The maximum Gasteiger partial charge on any atom is 0.171 e. The first-order valence-electron chi connectivity index (χ1n) is 6.55. The van der Waals surface area contributed by atoms with Crippen molar-refractivity contribution in [2.24, 2.45) is 0 Å². The summed E-state index contributed by atoms with van der Waals surface area (Å²) < 4.78 is 0.936. The van der Waals surface area contributed by atoms with Gasteiger partial charge in [0.2, 0.25) is 0 Å². The number of anilines is 1. The summed E-state index contributed by atoms with van der Waals surface area (Å²) in [6, 6.07) is 2.66. The normalized spacial score (nSPS) is 16.1. The van der Waals surface area contributed by atoms with E-state index in [9.17, 15) is 10.1 Å². The Morgan fingerprint density at radius 1 is 1.42 bits per heavy atom. The Morgan fingerprint density at radius 2 is 2.11 bits per heavy atom. The third-order valence-electron chi connectivity index (χ3n) is 3.45. The topological polar surface area (TPSA) is 52.9 Å². The molecule has 1 aromatic rings. The first kappa shape index (κ1) is 14.4. The van der Waals surface area contributed by atoms with E-state index >= 15 is 0 Å². The number of carbonyl (C=O) groups is 1. The number of Topliss-reactive ketones (excluding diaryl/α,β-unsaturated/α-hetero) is 1. The zero-order valence-electron chi connectivity index (χ0n) is 11.3.